The summed E-state index contributed by atoms with van der Waals surface area (Å²) in [6, 6.07) is 14.7. The van der Waals surface area contributed by atoms with Gasteiger partial charge in [0.05, 0.1) is 10.4 Å². The summed E-state index contributed by atoms with van der Waals surface area (Å²) in [5.74, 6) is 3.57. The molecule has 5 nitrogen and oxygen atoms in total. The van der Waals surface area contributed by atoms with Gasteiger partial charge >= 0.3 is 0 Å². The van der Waals surface area contributed by atoms with Crippen LogP contribution < -0.4 is 4.90 Å². The van der Waals surface area contributed by atoms with Crippen LogP contribution in [0.4, 0.5) is 5.82 Å². The largest absolute Gasteiger partial charge is 0.355 e. The van der Waals surface area contributed by atoms with E-state index in [1.165, 1.54) is 18.4 Å². The Morgan fingerprint density at radius 1 is 0.967 bits per heavy atom. The highest BCUT2D eigenvalue weighted by Crippen LogP contribution is 2.46. The van der Waals surface area contributed by atoms with E-state index in [2.05, 4.69) is 51.8 Å². The Kier molecular flexibility index (Phi) is 5.23. The van der Waals surface area contributed by atoms with Crippen molar-refractivity contribution in [3.8, 4) is 0 Å². The second-order valence-corrected chi connectivity index (χ2v) is 9.07. The maximum atomic E-state index is 6.36. The molecule has 0 spiro atoms. The number of anilines is 1. The van der Waals surface area contributed by atoms with E-state index in [1.54, 1.807) is 0 Å². The summed E-state index contributed by atoms with van der Waals surface area (Å²) in [7, 11) is 2.16. The Hall–Kier alpha value is -2.40. The van der Waals surface area contributed by atoms with Gasteiger partial charge in [-0.3, -0.25) is 0 Å². The second-order valence-electron chi connectivity index (χ2n) is 8.67. The van der Waals surface area contributed by atoms with Crippen LogP contribution in [0.5, 0.6) is 0 Å². The molecule has 5 rings (SSSR count). The lowest BCUT2D eigenvalue weighted by Crippen LogP contribution is -2.34. The first-order valence-electron chi connectivity index (χ1n) is 11.0. The van der Waals surface area contributed by atoms with Gasteiger partial charge in [0.1, 0.15) is 17.5 Å². The first-order chi connectivity index (χ1) is 14.7. The molecule has 30 heavy (non-hydrogen) atoms. The number of halogens is 1. The minimum atomic E-state index is 0.00342. The normalized spacial score (nSPS) is 19.3. The van der Waals surface area contributed by atoms with Crippen molar-refractivity contribution in [1.82, 2.24) is 19.7 Å². The summed E-state index contributed by atoms with van der Waals surface area (Å²) >= 11 is 6.36. The molecule has 0 unspecified atom stereocenters. The number of pyridine rings is 1. The molecule has 2 aliphatic rings. The van der Waals surface area contributed by atoms with Crippen molar-refractivity contribution < 1.29 is 0 Å². The summed E-state index contributed by atoms with van der Waals surface area (Å²) in [5, 5.41) is 10.2. The van der Waals surface area contributed by atoms with Gasteiger partial charge in [0.2, 0.25) is 0 Å². The van der Waals surface area contributed by atoms with E-state index in [9.17, 15) is 0 Å². The standard InChI is InChI=1S/C24H28ClN5/c1-29-21(18-11-16-30(17-12-18)22-20(25)10-7-15-26-22)27-28-23(29)24(13-5-6-14-24)19-8-3-2-4-9-19/h2-4,7-10,15,18H,5-6,11-14,16-17H2,1H3. The van der Waals surface area contributed by atoms with E-state index >= 15 is 0 Å². The Labute approximate surface area is 183 Å². The van der Waals surface area contributed by atoms with Crippen LogP contribution in [-0.2, 0) is 12.5 Å². The van der Waals surface area contributed by atoms with Crippen LogP contribution in [0.2, 0.25) is 5.02 Å². The lowest BCUT2D eigenvalue weighted by Gasteiger charge is -2.33. The number of aromatic nitrogens is 4. The fourth-order valence-corrected chi connectivity index (χ4v) is 5.69. The van der Waals surface area contributed by atoms with Gasteiger partial charge in [-0.2, -0.15) is 0 Å². The van der Waals surface area contributed by atoms with Crippen LogP contribution in [0, 0.1) is 0 Å². The van der Waals surface area contributed by atoms with Gasteiger partial charge in [-0.05, 0) is 43.4 Å². The van der Waals surface area contributed by atoms with E-state index in [0.29, 0.717) is 5.92 Å². The van der Waals surface area contributed by atoms with Gasteiger partial charge in [0.25, 0.3) is 0 Å². The fourth-order valence-electron chi connectivity index (χ4n) is 5.45. The first-order valence-corrected chi connectivity index (χ1v) is 11.4. The highest BCUT2D eigenvalue weighted by atomic mass is 35.5. The van der Waals surface area contributed by atoms with Crippen LogP contribution in [-0.4, -0.2) is 32.8 Å². The van der Waals surface area contributed by atoms with Crippen LogP contribution in [0.3, 0.4) is 0 Å². The molecule has 156 valence electrons. The Morgan fingerprint density at radius 2 is 1.70 bits per heavy atom. The van der Waals surface area contributed by atoms with Crippen molar-refractivity contribution in [2.24, 2.45) is 7.05 Å². The predicted molar refractivity (Wildman–Crippen MR) is 120 cm³/mol. The molecular weight excluding hydrogens is 394 g/mol. The van der Waals surface area contributed by atoms with Crippen LogP contribution in [0.15, 0.2) is 48.7 Å². The molecule has 1 aliphatic heterocycles. The monoisotopic (exact) mass is 421 g/mol. The molecule has 0 radical (unpaired) electrons. The predicted octanol–water partition coefficient (Wildman–Crippen LogP) is 5.11. The minimum Gasteiger partial charge on any atom is -0.355 e. The minimum absolute atomic E-state index is 0.00342. The van der Waals surface area contributed by atoms with Gasteiger partial charge in [0, 0.05) is 32.3 Å². The van der Waals surface area contributed by atoms with Crippen molar-refractivity contribution in [3.63, 3.8) is 0 Å². The van der Waals surface area contributed by atoms with Gasteiger partial charge in [0.15, 0.2) is 0 Å². The van der Waals surface area contributed by atoms with Crippen molar-refractivity contribution >= 4 is 17.4 Å². The van der Waals surface area contributed by atoms with E-state index in [1.807, 2.05) is 18.3 Å². The fraction of sp³-hybridized carbons (Fsp3) is 0.458. The Morgan fingerprint density at radius 3 is 2.40 bits per heavy atom. The summed E-state index contributed by atoms with van der Waals surface area (Å²) in [4.78, 5) is 6.77. The molecule has 1 aliphatic carbocycles. The van der Waals surface area contributed by atoms with E-state index in [0.717, 1.165) is 61.3 Å². The SMILES string of the molecule is Cn1c(C2CCN(c3ncccc3Cl)CC2)nnc1C1(c2ccccc2)CCCC1. The molecule has 1 saturated carbocycles. The topological polar surface area (TPSA) is 46.8 Å². The number of piperidine rings is 1. The molecule has 2 aromatic heterocycles. The second kappa shape index (κ2) is 8.03. The summed E-state index contributed by atoms with van der Waals surface area (Å²) in [6.45, 7) is 1.88. The van der Waals surface area contributed by atoms with E-state index in [4.69, 9.17) is 21.8 Å². The highest BCUT2D eigenvalue weighted by Gasteiger charge is 2.42. The molecule has 3 heterocycles. The van der Waals surface area contributed by atoms with Gasteiger partial charge in [-0.15, -0.1) is 10.2 Å². The van der Waals surface area contributed by atoms with Crippen LogP contribution in [0.25, 0.3) is 0 Å². The van der Waals surface area contributed by atoms with Crippen molar-refractivity contribution in [3.05, 3.63) is 70.9 Å². The van der Waals surface area contributed by atoms with Crippen molar-refractivity contribution in [1.29, 1.82) is 0 Å². The summed E-state index contributed by atoms with van der Waals surface area (Å²) in [5.41, 5.74) is 1.38. The smallest absolute Gasteiger partial charge is 0.147 e. The Balaban J connectivity index is 1.39. The quantitative estimate of drug-likeness (QED) is 0.587. The third kappa shape index (κ3) is 3.29. The molecule has 0 N–H and O–H groups in total. The average Bonchev–Trinajstić information content (AvgIpc) is 3.43. The first kappa shape index (κ1) is 19.6. The summed E-state index contributed by atoms with van der Waals surface area (Å²) in [6.07, 6.45) is 8.70. The van der Waals surface area contributed by atoms with E-state index < -0.39 is 0 Å². The van der Waals surface area contributed by atoms with Gasteiger partial charge in [-0.1, -0.05) is 54.8 Å². The molecule has 1 aromatic carbocycles. The molecule has 6 heteroatoms. The van der Waals surface area contributed by atoms with E-state index in [-0.39, 0.29) is 5.41 Å². The van der Waals surface area contributed by atoms with Gasteiger partial charge < -0.3 is 9.47 Å². The zero-order chi connectivity index (χ0) is 20.6. The number of nitrogens with zero attached hydrogens (tertiary/aromatic N) is 5. The lowest BCUT2D eigenvalue weighted by atomic mass is 9.78. The number of hydrogen-bond donors (Lipinski definition) is 0. The average molecular weight is 422 g/mol. The third-order valence-electron chi connectivity index (χ3n) is 7.02. The maximum Gasteiger partial charge on any atom is 0.147 e. The lowest BCUT2D eigenvalue weighted by molar-refractivity contribution is 0.451. The van der Waals surface area contributed by atoms with Crippen LogP contribution >= 0.6 is 11.6 Å². The zero-order valence-corrected chi connectivity index (χ0v) is 18.2. The third-order valence-corrected chi connectivity index (χ3v) is 7.31. The summed E-state index contributed by atoms with van der Waals surface area (Å²) < 4.78 is 2.30. The van der Waals surface area contributed by atoms with Crippen molar-refractivity contribution in [2.75, 3.05) is 18.0 Å². The Bertz CT molecular complexity index is 1000. The number of benzene rings is 1. The molecule has 3 aromatic rings. The number of rotatable bonds is 4. The molecule has 0 amide bonds. The molecular formula is C24H28ClN5. The maximum absolute atomic E-state index is 6.36. The molecule has 0 bridgehead atoms. The zero-order valence-electron chi connectivity index (χ0n) is 17.5. The van der Waals surface area contributed by atoms with Crippen molar-refractivity contribution in [2.45, 2.75) is 49.9 Å². The van der Waals surface area contributed by atoms with Gasteiger partial charge in [-0.25, -0.2) is 4.98 Å². The number of hydrogen-bond acceptors (Lipinski definition) is 4. The highest BCUT2D eigenvalue weighted by molar-refractivity contribution is 6.32. The molecule has 2 fully saturated rings. The molecule has 1 saturated heterocycles. The van der Waals surface area contributed by atoms with Crippen LogP contribution in [0.1, 0.15) is 61.7 Å². The molecule has 0 atom stereocenters.